The third-order valence-corrected chi connectivity index (χ3v) is 5.98. The molecule has 7 nitrogen and oxygen atoms in total. The van der Waals surface area contributed by atoms with E-state index in [2.05, 4.69) is 21.4 Å². The smallest absolute Gasteiger partial charge is 0.230 e. The molecular weight excluding hydrogens is 434 g/mol. The lowest BCUT2D eigenvalue weighted by molar-refractivity contribution is -0.115. The van der Waals surface area contributed by atoms with E-state index in [1.807, 2.05) is 61.0 Å². The average molecular weight is 456 g/mol. The first-order valence-electron chi connectivity index (χ1n) is 10.4. The van der Waals surface area contributed by atoms with Gasteiger partial charge in [0.15, 0.2) is 5.82 Å². The number of nitrogens with one attached hydrogen (secondary N) is 1. The minimum Gasteiger partial charge on any atom is -0.497 e. The highest BCUT2D eigenvalue weighted by Gasteiger charge is 2.16. The van der Waals surface area contributed by atoms with E-state index in [1.54, 1.807) is 35.3 Å². The number of aromatic nitrogens is 4. The highest BCUT2D eigenvalue weighted by Crippen LogP contribution is 2.28. The van der Waals surface area contributed by atoms with Crippen LogP contribution in [0.3, 0.4) is 0 Å². The van der Waals surface area contributed by atoms with Gasteiger partial charge < -0.3 is 10.1 Å². The van der Waals surface area contributed by atoms with Crippen LogP contribution in [0.4, 0.5) is 5.69 Å². The van der Waals surface area contributed by atoms with Gasteiger partial charge in [0, 0.05) is 16.9 Å². The molecule has 5 aromatic rings. The van der Waals surface area contributed by atoms with Crippen LogP contribution in [0.15, 0.2) is 72.2 Å². The Labute approximate surface area is 194 Å². The summed E-state index contributed by atoms with van der Waals surface area (Å²) >= 11 is 1.59. The van der Waals surface area contributed by atoms with E-state index >= 15 is 0 Å². The molecule has 0 atom stereocenters. The zero-order chi connectivity index (χ0) is 22.8. The first-order chi connectivity index (χ1) is 16.1. The summed E-state index contributed by atoms with van der Waals surface area (Å²) in [5, 5.41) is 7.65. The van der Waals surface area contributed by atoms with Gasteiger partial charge in [0.2, 0.25) is 5.91 Å². The zero-order valence-corrected chi connectivity index (χ0v) is 19.0. The van der Waals surface area contributed by atoms with E-state index in [4.69, 9.17) is 9.84 Å². The molecule has 1 amide bonds. The number of amides is 1. The maximum atomic E-state index is 12.7. The molecular formula is C25H21N5O2S. The van der Waals surface area contributed by atoms with Crippen molar-refractivity contribution in [2.24, 2.45) is 0 Å². The lowest BCUT2D eigenvalue weighted by Gasteiger charge is -2.07. The van der Waals surface area contributed by atoms with Crippen LogP contribution in [0.2, 0.25) is 0 Å². The van der Waals surface area contributed by atoms with Gasteiger partial charge in [-0.05, 0) is 61.5 Å². The molecule has 0 fully saturated rings. The third kappa shape index (κ3) is 4.47. The lowest BCUT2D eigenvalue weighted by Crippen LogP contribution is -2.15. The second-order valence-electron chi connectivity index (χ2n) is 7.56. The number of thiazole rings is 1. The summed E-state index contributed by atoms with van der Waals surface area (Å²) in [7, 11) is 1.61. The number of hydrogen-bond donors (Lipinski definition) is 1. The predicted molar refractivity (Wildman–Crippen MR) is 130 cm³/mol. The van der Waals surface area contributed by atoms with E-state index in [0.717, 1.165) is 32.9 Å². The van der Waals surface area contributed by atoms with Gasteiger partial charge in [0.1, 0.15) is 5.75 Å². The molecule has 0 saturated heterocycles. The molecule has 0 saturated carbocycles. The molecule has 2 aromatic carbocycles. The molecule has 1 N–H and O–H groups in total. The van der Waals surface area contributed by atoms with Gasteiger partial charge in [-0.15, -0.1) is 11.3 Å². The van der Waals surface area contributed by atoms with Crippen molar-refractivity contribution in [3.63, 3.8) is 0 Å². The predicted octanol–water partition coefficient (Wildman–Crippen LogP) is 5.04. The number of methoxy groups -OCH3 is 1. The second kappa shape index (κ2) is 8.84. The normalized spacial score (nSPS) is 11.0. The summed E-state index contributed by atoms with van der Waals surface area (Å²) in [6.45, 7) is 1.94. The van der Waals surface area contributed by atoms with E-state index in [9.17, 15) is 4.79 Å². The average Bonchev–Trinajstić information content (AvgIpc) is 3.46. The molecule has 5 rings (SSSR count). The Morgan fingerprint density at radius 1 is 1.09 bits per heavy atom. The van der Waals surface area contributed by atoms with Crippen molar-refractivity contribution in [1.29, 1.82) is 0 Å². The van der Waals surface area contributed by atoms with Gasteiger partial charge in [-0.25, -0.2) is 14.6 Å². The highest BCUT2D eigenvalue weighted by atomic mass is 32.1. The Hall–Kier alpha value is -4.04. The molecule has 3 heterocycles. The van der Waals surface area contributed by atoms with Gasteiger partial charge in [-0.2, -0.15) is 5.10 Å². The van der Waals surface area contributed by atoms with Gasteiger partial charge in [-0.1, -0.05) is 12.1 Å². The number of carbonyl (C=O) groups is 1. The van der Waals surface area contributed by atoms with Crippen LogP contribution < -0.4 is 10.1 Å². The van der Waals surface area contributed by atoms with E-state index in [-0.39, 0.29) is 12.3 Å². The minimum absolute atomic E-state index is 0.140. The molecule has 0 spiro atoms. The SMILES string of the molecule is COc1ccc(NC(=O)Cc2cc(-c3ccc4ncsc4c3)n(-c3cccc(C)n3)n2)cc1. The molecule has 8 heteroatoms. The number of carbonyl (C=O) groups excluding carboxylic acids is 1. The standard InChI is InChI=1S/C25H21N5O2S/c1-16-4-3-5-24(27-16)30-22(17-6-11-21-23(12-17)33-15-26-21)13-19(29-30)14-25(31)28-18-7-9-20(32-2)10-8-18/h3-13,15H,14H2,1-2H3,(H,28,31). The first-order valence-corrected chi connectivity index (χ1v) is 11.3. The van der Waals surface area contributed by atoms with Crippen molar-refractivity contribution in [3.8, 4) is 22.8 Å². The zero-order valence-electron chi connectivity index (χ0n) is 18.1. The second-order valence-corrected chi connectivity index (χ2v) is 8.44. The Morgan fingerprint density at radius 3 is 2.73 bits per heavy atom. The lowest BCUT2D eigenvalue weighted by atomic mass is 10.1. The number of hydrogen-bond acceptors (Lipinski definition) is 6. The van der Waals surface area contributed by atoms with Crippen LogP contribution in [0.5, 0.6) is 5.75 Å². The third-order valence-electron chi connectivity index (χ3n) is 5.19. The van der Waals surface area contributed by atoms with Crippen molar-refractivity contribution in [2.75, 3.05) is 12.4 Å². The summed E-state index contributed by atoms with van der Waals surface area (Å²) in [5.41, 5.74) is 6.91. The summed E-state index contributed by atoms with van der Waals surface area (Å²) in [5.74, 6) is 1.29. The number of rotatable bonds is 6. The van der Waals surface area contributed by atoms with Crippen molar-refractivity contribution >= 4 is 33.1 Å². The fraction of sp³-hybridized carbons (Fsp3) is 0.120. The quantitative estimate of drug-likeness (QED) is 0.388. The van der Waals surface area contributed by atoms with Crippen molar-refractivity contribution in [3.05, 3.63) is 83.6 Å². The molecule has 33 heavy (non-hydrogen) atoms. The van der Waals surface area contributed by atoms with Gasteiger partial charge in [-0.3, -0.25) is 4.79 Å². The number of pyridine rings is 1. The van der Waals surface area contributed by atoms with Gasteiger partial charge in [0.05, 0.1) is 40.6 Å². The molecule has 0 aliphatic carbocycles. The number of fused-ring (bicyclic) bond motifs is 1. The summed E-state index contributed by atoms with van der Waals surface area (Å²) in [6, 6.07) is 21.1. The Bertz CT molecular complexity index is 1440. The van der Waals surface area contributed by atoms with Crippen LogP contribution in [0.1, 0.15) is 11.4 Å². The number of nitrogens with zero attached hydrogens (tertiary/aromatic N) is 4. The number of aryl methyl sites for hydroxylation is 1. The van der Waals surface area contributed by atoms with E-state index < -0.39 is 0 Å². The van der Waals surface area contributed by atoms with Crippen molar-refractivity contribution in [1.82, 2.24) is 19.7 Å². The number of anilines is 1. The van der Waals surface area contributed by atoms with Crippen molar-refractivity contribution < 1.29 is 9.53 Å². The van der Waals surface area contributed by atoms with Crippen LogP contribution >= 0.6 is 11.3 Å². The van der Waals surface area contributed by atoms with E-state index in [1.165, 1.54) is 0 Å². The first kappa shape index (κ1) is 20.8. The van der Waals surface area contributed by atoms with Crippen LogP contribution in [0.25, 0.3) is 27.3 Å². The molecule has 164 valence electrons. The van der Waals surface area contributed by atoms with Crippen LogP contribution in [-0.4, -0.2) is 32.8 Å². The maximum absolute atomic E-state index is 12.7. The van der Waals surface area contributed by atoms with Gasteiger partial charge >= 0.3 is 0 Å². The minimum atomic E-state index is -0.147. The fourth-order valence-electron chi connectivity index (χ4n) is 3.60. The van der Waals surface area contributed by atoms with E-state index in [0.29, 0.717) is 17.2 Å². The van der Waals surface area contributed by atoms with Crippen molar-refractivity contribution in [2.45, 2.75) is 13.3 Å². The maximum Gasteiger partial charge on any atom is 0.230 e. The van der Waals surface area contributed by atoms with Gasteiger partial charge in [0.25, 0.3) is 0 Å². The number of benzene rings is 2. The monoisotopic (exact) mass is 455 g/mol. The molecule has 0 radical (unpaired) electrons. The van der Waals surface area contributed by atoms with Crippen LogP contribution in [-0.2, 0) is 11.2 Å². The Balaban J connectivity index is 1.47. The molecule has 3 aromatic heterocycles. The summed E-state index contributed by atoms with van der Waals surface area (Å²) in [6.07, 6.45) is 0.140. The Morgan fingerprint density at radius 2 is 1.94 bits per heavy atom. The van der Waals surface area contributed by atoms with Crippen LogP contribution in [0, 0.1) is 6.92 Å². The topological polar surface area (TPSA) is 81.9 Å². The summed E-state index contributed by atoms with van der Waals surface area (Å²) in [4.78, 5) is 21.7. The molecule has 0 aliphatic heterocycles. The molecule has 0 unspecified atom stereocenters. The molecule has 0 bridgehead atoms. The number of ether oxygens (including phenoxy) is 1. The molecule has 0 aliphatic rings. The largest absolute Gasteiger partial charge is 0.497 e. The highest BCUT2D eigenvalue weighted by molar-refractivity contribution is 7.16. The fourth-order valence-corrected chi connectivity index (χ4v) is 4.32. The summed E-state index contributed by atoms with van der Waals surface area (Å²) < 4.78 is 8.06. The Kier molecular flexibility index (Phi) is 5.58.